The molecule has 0 atom stereocenters. The van der Waals surface area contributed by atoms with Gasteiger partial charge in [-0.05, 0) is 33.8 Å². The zero-order valence-corrected chi connectivity index (χ0v) is 9.87. The molecule has 0 unspecified atom stereocenters. The number of anilines is 1. The third-order valence-corrected chi connectivity index (χ3v) is 2.06. The molecule has 0 amide bonds. The molecule has 0 fully saturated rings. The first kappa shape index (κ1) is 11.9. The van der Waals surface area contributed by atoms with Crippen molar-refractivity contribution in [2.45, 2.75) is 33.3 Å². The smallest absolute Gasteiger partial charge is 0.162 e. The molecule has 1 rings (SSSR count). The molecule has 4 nitrogen and oxygen atoms in total. The first-order valence-corrected chi connectivity index (χ1v) is 5.31. The van der Waals surface area contributed by atoms with E-state index in [1.165, 1.54) is 0 Å². The lowest BCUT2D eigenvalue weighted by atomic mass is 10.1. The van der Waals surface area contributed by atoms with E-state index in [-0.39, 0.29) is 0 Å². The molecule has 0 radical (unpaired) electrons. The number of nitrogens with zero attached hydrogens (tertiary/aromatic N) is 2. The van der Waals surface area contributed by atoms with Gasteiger partial charge in [0.25, 0.3) is 0 Å². The highest BCUT2D eigenvalue weighted by atomic mass is 16.5. The molecule has 0 bridgehead atoms. The van der Waals surface area contributed by atoms with Crippen LogP contribution < -0.4 is 5.32 Å². The molecule has 1 aromatic heterocycles. The van der Waals surface area contributed by atoms with Crippen LogP contribution in [0.3, 0.4) is 0 Å². The quantitative estimate of drug-likeness (QED) is 0.807. The van der Waals surface area contributed by atoms with E-state index in [1.54, 1.807) is 6.20 Å². The van der Waals surface area contributed by atoms with Crippen LogP contribution in [-0.2, 0) is 10.3 Å². The van der Waals surface area contributed by atoms with Crippen molar-refractivity contribution in [2.24, 2.45) is 0 Å². The highest BCUT2D eigenvalue weighted by Crippen LogP contribution is 2.21. The first-order chi connectivity index (χ1) is 7.10. The van der Waals surface area contributed by atoms with Gasteiger partial charge in [-0.25, -0.2) is 9.97 Å². The molecule has 0 saturated heterocycles. The van der Waals surface area contributed by atoms with Crippen LogP contribution in [0.15, 0.2) is 12.3 Å². The summed E-state index contributed by atoms with van der Waals surface area (Å²) >= 11 is 0. The monoisotopic (exact) mass is 209 g/mol. The van der Waals surface area contributed by atoms with Crippen LogP contribution in [0.2, 0.25) is 0 Å². The molecule has 0 aromatic carbocycles. The third kappa shape index (κ3) is 3.16. The Morgan fingerprint density at radius 1 is 1.40 bits per heavy atom. The Hall–Kier alpha value is -1.16. The average molecular weight is 209 g/mol. The molecule has 0 spiro atoms. The standard InChI is InChI=1S/C11H19N3O/c1-5-12-9-7-8-13-10(14-9)11(3,4)15-6-2/h7-8H,5-6H2,1-4H3,(H,12,13,14). The number of hydrogen-bond donors (Lipinski definition) is 1. The molecule has 0 aliphatic carbocycles. The maximum absolute atomic E-state index is 5.60. The maximum atomic E-state index is 5.60. The van der Waals surface area contributed by atoms with Gasteiger partial charge < -0.3 is 10.1 Å². The summed E-state index contributed by atoms with van der Waals surface area (Å²) in [5.74, 6) is 1.55. The predicted octanol–water partition coefficient (Wildman–Crippen LogP) is 2.18. The normalized spacial score (nSPS) is 11.5. The summed E-state index contributed by atoms with van der Waals surface area (Å²) in [6.07, 6.45) is 1.75. The summed E-state index contributed by atoms with van der Waals surface area (Å²) in [6.45, 7) is 9.46. The number of ether oxygens (including phenoxy) is 1. The van der Waals surface area contributed by atoms with E-state index in [0.717, 1.165) is 12.4 Å². The van der Waals surface area contributed by atoms with Crippen LogP contribution in [0.5, 0.6) is 0 Å². The van der Waals surface area contributed by atoms with E-state index in [4.69, 9.17) is 4.74 Å². The van der Waals surface area contributed by atoms with Crippen LogP contribution in [0.4, 0.5) is 5.82 Å². The molecule has 1 aromatic rings. The summed E-state index contributed by atoms with van der Waals surface area (Å²) in [5.41, 5.74) is -0.430. The van der Waals surface area contributed by atoms with Crippen molar-refractivity contribution < 1.29 is 4.74 Å². The van der Waals surface area contributed by atoms with Crippen LogP contribution in [-0.4, -0.2) is 23.1 Å². The number of aromatic nitrogens is 2. The lowest BCUT2D eigenvalue weighted by Crippen LogP contribution is -2.25. The number of hydrogen-bond acceptors (Lipinski definition) is 4. The van der Waals surface area contributed by atoms with Crippen molar-refractivity contribution in [3.63, 3.8) is 0 Å². The van der Waals surface area contributed by atoms with Crippen LogP contribution in [0.25, 0.3) is 0 Å². The van der Waals surface area contributed by atoms with Crippen molar-refractivity contribution in [3.05, 3.63) is 18.1 Å². The minimum Gasteiger partial charge on any atom is -0.370 e. The Balaban J connectivity index is 2.88. The largest absolute Gasteiger partial charge is 0.370 e. The topological polar surface area (TPSA) is 47.0 Å². The van der Waals surface area contributed by atoms with E-state index < -0.39 is 5.60 Å². The van der Waals surface area contributed by atoms with E-state index in [1.807, 2.05) is 33.8 Å². The lowest BCUT2D eigenvalue weighted by Gasteiger charge is -2.23. The van der Waals surface area contributed by atoms with Gasteiger partial charge in [0.15, 0.2) is 5.82 Å². The molecule has 84 valence electrons. The van der Waals surface area contributed by atoms with Crippen molar-refractivity contribution >= 4 is 5.82 Å². The molecule has 0 aliphatic rings. The van der Waals surface area contributed by atoms with E-state index in [9.17, 15) is 0 Å². The van der Waals surface area contributed by atoms with Crippen molar-refractivity contribution in [2.75, 3.05) is 18.5 Å². The predicted molar refractivity (Wildman–Crippen MR) is 60.8 cm³/mol. The highest BCUT2D eigenvalue weighted by Gasteiger charge is 2.24. The fourth-order valence-electron chi connectivity index (χ4n) is 1.35. The van der Waals surface area contributed by atoms with Gasteiger partial charge in [-0.15, -0.1) is 0 Å². The lowest BCUT2D eigenvalue weighted by molar-refractivity contribution is -0.0207. The van der Waals surface area contributed by atoms with Gasteiger partial charge >= 0.3 is 0 Å². The van der Waals surface area contributed by atoms with Crippen LogP contribution >= 0.6 is 0 Å². The van der Waals surface area contributed by atoms with Gasteiger partial charge in [-0.1, -0.05) is 0 Å². The fraction of sp³-hybridized carbons (Fsp3) is 0.636. The van der Waals surface area contributed by atoms with Gasteiger partial charge in [0.2, 0.25) is 0 Å². The molecular formula is C11H19N3O. The van der Waals surface area contributed by atoms with Gasteiger partial charge in [0.1, 0.15) is 11.4 Å². The number of rotatable bonds is 5. The molecule has 4 heteroatoms. The highest BCUT2D eigenvalue weighted by molar-refractivity contribution is 5.33. The second kappa shape index (κ2) is 5.07. The summed E-state index contributed by atoms with van der Waals surface area (Å²) in [5, 5.41) is 3.16. The van der Waals surface area contributed by atoms with Crippen molar-refractivity contribution in [1.29, 1.82) is 0 Å². The zero-order valence-electron chi connectivity index (χ0n) is 9.87. The van der Waals surface area contributed by atoms with Gasteiger partial charge in [-0.3, -0.25) is 0 Å². The van der Waals surface area contributed by atoms with Crippen molar-refractivity contribution in [3.8, 4) is 0 Å². The Morgan fingerprint density at radius 3 is 2.73 bits per heavy atom. The second-order valence-corrected chi connectivity index (χ2v) is 3.74. The Morgan fingerprint density at radius 2 is 2.13 bits per heavy atom. The summed E-state index contributed by atoms with van der Waals surface area (Å²) in [6, 6.07) is 1.86. The van der Waals surface area contributed by atoms with Gasteiger partial charge in [0, 0.05) is 19.3 Å². The Labute approximate surface area is 91.1 Å². The Kier molecular flexibility index (Phi) is 4.03. The molecular weight excluding hydrogens is 190 g/mol. The molecule has 0 saturated carbocycles. The first-order valence-electron chi connectivity index (χ1n) is 5.31. The Bertz CT molecular complexity index is 312. The molecule has 1 heterocycles. The zero-order chi connectivity index (χ0) is 11.3. The van der Waals surface area contributed by atoms with Gasteiger partial charge in [-0.2, -0.15) is 0 Å². The van der Waals surface area contributed by atoms with E-state index in [0.29, 0.717) is 12.4 Å². The maximum Gasteiger partial charge on any atom is 0.162 e. The van der Waals surface area contributed by atoms with Crippen LogP contribution in [0.1, 0.15) is 33.5 Å². The summed E-state index contributed by atoms with van der Waals surface area (Å²) in [4.78, 5) is 8.64. The summed E-state index contributed by atoms with van der Waals surface area (Å²) < 4.78 is 5.60. The molecule has 1 N–H and O–H groups in total. The molecule has 0 aliphatic heterocycles. The minimum absolute atomic E-state index is 0.430. The van der Waals surface area contributed by atoms with E-state index in [2.05, 4.69) is 15.3 Å². The SMILES string of the molecule is CCNc1ccnc(C(C)(C)OCC)n1. The number of nitrogens with one attached hydrogen (secondary N) is 1. The molecule has 15 heavy (non-hydrogen) atoms. The van der Waals surface area contributed by atoms with Crippen LogP contribution in [0, 0.1) is 0 Å². The van der Waals surface area contributed by atoms with E-state index >= 15 is 0 Å². The third-order valence-electron chi connectivity index (χ3n) is 2.06. The van der Waals surface area contributed by atoms with Crippen molar-refractivity contribution in [1.82, 2.24) is 9.97 Å². The second-order valence-electron chi connectivity index (χ2n) is 3.74. The minimum atomic E-state index is -0.430. The average Bonchev–Trinajstić information content (AvgIpc) is 2.19. The van der Waals surface area contributed by atoms with Gasteiger partial charge in [0.05, 0.1) is 0 Å². The summed E-state index contributed by atoms with van der Waals surface area (Å²) in [7, 11) is 0. The fourth-order valence-corrected chi connectivity index (χ4v) is 1.35.